The first-order chi connectivity index (χ1) is 12.2. The molecule has 7 heteroatoms. The highest BCUT2D eigenvalue weighted by Crippen LogP contribution is 2.19. The maximum Gasteiger partial charge on any atom is 0.258 e. The van der Waals surface area contributed by atoms with Gasteiger partial charge in [-0.05, 0) is 24.6 Å². The third kappa shape index (κ3) is 3.17. The molecule has 1 atom stereocenters. The minimum atomic E-state index is -0.146. The quantitative estimate of drug-likeness (QED) is 0.744. The van der Waals surface area contributed by atoms with E-state index >= 15 is 0 Å². The van der Waals surface area contributed by atoms with E-state index in [-0.39, 0.29) is 17.4 Å². The first kappa shape index (κ1) is 15.6. The fraction of sp³-hybridized carbons (Fsp3) is 0.333. The molecule has 3 heterocycles. The van der Waals surface area contributed by atoms with Gasteiger partial charge in [-0.25, -0.2) is 4.98 Å². The Morgan fingerprint density at radius 1 is 1.32 bits per heavy atom. The number of rotatable bonds is 4. The van der Waals surface area contributed by atoms with Crippen LogP contribution in [0.15, 0.2) is 41.3 Å². The second-order valence-corrected chi connectivity index (χ2v) is 6.31. The van der Waals surface area contributed by atoms with E-state index in [1.54, 1.807) is 12.3 Å². The van der Waals surface area contributed by atoms with Crippen LogP contribution in [0.2, 0.25) is 0 Å². The molecule has 4 rings (SSSR count). The average Bonchev–Trinajstić information content (AvgIpc) is 3.09. The Kier molecular flexibility index (Phi) is 4.05. The van der Waals surface area contributed by atoms with E-state index < -0.39 is 0 Å². The van der Waals surface area contributed by atoms with Crippen molar-refractivity contribution in [3.63, 3.8) is 0 Å². The highest BCUT2D eigenvalue weighted by Gasteiger charge is 2.24. The van der Waals surface area contributed by atoms with Crippen LogP contribution in [0.25, 0.3) is 10.9 Å². The number of amides is 1. The lowest BCUT2D eigenvalue weighted by atomic mass is 9.95. The van der Waals surface area contributed by atoms with E-state index in [0.717, 1.165) is 25.1 Å². The molecule has 1 amide bonds. The third-order valence-electron chi connectivity index (χ3n) is 4.64. The average molecular weight is 337 g/mol. The predicted octanol–water partition coefficient (Wildman–Crippen LogP) is 1.04. The van der Waals surface area contributed by atoms with Gasteiger partial charge >= 0.3 is 0 Å². The molecule has 0 aliphatic carbocycles. The SMILES string of the molecule is O=C(NCCc1nc2ccccc2c(=O)[nH]1)C1CCn2nccc2C1. The zero-order valence-electron chi connectivity index (χ0n) is 13.7. The molecule has 0 spiro atoms. The summed E-state index contributed by atoms with van der Waals surface area (Å²) in [6, 6.07) is 9.20. The number of hydrogen-bond acceptors (Lipinski definition) is 4. The normalized spacial score (nSPS) is 16.6. The molecule has 128 valence electrons. The van der Waals surface area contributed by atoms with E-state index in [1.165, 1.54) is 0 Å². The topological polar surface area (TPSA) is 92.7 Å². The van der Waals surface area contributed by atoms with Crippen LogP contribution in [-0.2, 0) is 24.2 Å². The number of hydrogen-bond donors (Lipinski definition) is 2. The van der Waals surface area contributed by atoms with Crippen molar-refractivity contribution < 1.29 is 4.79 Å². The van der Waals surface area contributed by atoms with E-state index in [9.17, 15) is 9.59 Å². The zero-order valence-corrected chi connectivity index (χ0v) is 13.7. The monoisotopic (exact) mass is 337 g/mol. The Labute approximate surface area is 144 Å². The third-order valence-corrected chi connectivity index (χ3v) is 4.64. The smallest absolute Gasteiger partial charge is 0.258 e. The fourth-order valence-electron chi connectivity index (χ4n) is 3.29. The zero-order chi connectivity index (χ0) is 17.2. The Morgan fingerprint density at radius 3 is 3.12 bits per heavy atom. The van der Waals surface area contributed by atoms with Crippen molar-refractivity contribution in [2.45, 2.75) is 25.8 Å². The first-order valence-corrected chi connectivity index (χ1v) is 8.47. The van der Waals surface area contributed by atoms with E-state index in [0.29, 0.717) is 29.7 Å². The highest BCUT2D eigenvalue weighted by molar-refractivity contribution is 5.79. The van der Waals surface area contributed by atoms with Crippen molar-refractivity contribution in [3.05, 3.63) is 58.4 Å². The lowest BCUT2D eigenvalue weighted by molar-refractivity contribution is -0.125. The minimum Gasteiger partial charge on any atom is -0.355 e. The minimum absolute atomic E-state index is 0.0205. The second-order valence-electron chi connectivity index (χ2n) is 6.31. The lowest BCUT2D eigenvalue weighted by Gasteiger charge is -2.22. The molecule has 0 fully saturated rings. The number of para-hydroxylation sites is 1. The summed E-state index contributed by atoms with van der Waals surface area (Å²) in [7, 11) is 0. The van der Waals surface area contributed by atoms with Crippen LogP contribution in [0.5, 0.6) is 0 Å². The van der Waals surface area contributed by atoms with Crippen molar-refractivity contribution in [2.24, 2.45) is 5.92 Å². The van der Waals surface area contributed by atoms with Crippen molar-refractivity contribution in [1.82, 2.24) is 25.1 Å². The van der Waals surface area contributed by atoms with E-state index in [2.05, 4.69) is 20.4 Å². The van der Waals surface area contributed by atoms with Crippen molar-refractivity contribution in [3.8, 4) is 0 Å². The Hall–Kier alpha value is -2.96. The number of aromatic nitrogens is 4. The Bertz CT molecular complexity index is 975. The molecule has 1 unspecified atom stereocenters. The van der Waals surface area contributed by atoms with Gasteiger partial charge in [0.25, 0.3) is 5.56 Å². The summed E-state index contributed by atoms with van der Waals surface area (Å²) in [5, 5.41) is 7.77. The lowest BCUT2D eigenvalue weighted by Crippen LogP contribution is -2.36. The highest BCUT2D eigenvalue weighted by atomic mass is 16.2. The number of nitrogens with one attached hydrogen (secondary N) is 2. The number of nitrogens with zero attached hydrogens (tertiary/aromatic N) is 3. The molecule has 7 nitrogen and oxygen atoms in total. The summed E-state index contributed by atoms with van der Waals surface area (Å²) < 4.78 is 1.95. The summed E-state index contributed by atoms with van der Waals surface area (Å²) in [5.74, 6) is 0.620. The van der Waals surface area contributed by atoms with Crippen LogP contribution in [0, 0.1) is 5.92 Å². The molecule has 0 saturated heterocycles. The van der Waals surface area contributed by atoms with Crippen LogP contribution >= 0.6 is 0 Å². The number of fused-ring (bicyclic) bond motifs is 2. The van der Waals surface area contributed by atoms with Crippen LogP contribution in [-0.4, -0.2) is 32.2 Å². The molecule has 1 aromatic carbocycles. The Balaban J connectivity index is 1.36. The van der Waals surface area contributed by atoms with Gasteiger partial charge < -0.3 is 10.3 Å². The molecular weight excluding hydrogens is 318 g/mol. The summed E-state index contributed by atoms with van der Waals surface area (Å²) in [6.45, 7) is 1.23. The summed E-state index contributed by atoms with van der Waals surface area (Å²) in [6.07, 6.45) is 3.79. The van der Waals surface area contributed by atoms with Crippen LogP contribution < -0.4 is 10.9 Å². The van der Waals surface area contributed by atoms with Crippen molar-refractivity contribution in [2.75, 3.05) is 6.54 Å². The molecule has 1 aliphatic heterocycles. The van der Waals surface area contributed by atoms with Gasteiger partial charge in [-0.1, -0.05) is 12.1 Å². The van der Waals surface area contributed by atoms with E-state index in [4.69, 9.17) is 0 Å². The number of carbonyl (C=O) groups is 1. The van der Waals surface area contributed by atoms with Crippen LogP contribution in [0.4, 0.5) is 0 Å². The number of carbonyl (C=O) groups excluding carboxylic acids is 1. The summed E-state index contributed by atoms with van der Waals surface area (Å²) in [5.41, 5.74) is 1.63. The van der Waals surface area contributed by atoms with E-state index in [1.807, 2.05) is 28.9 Å². The number of benzene rings is 1. The standard InChI is InChI=1S/C18H19N5O2/c24-17(12-7-10-23-13(11-12)5-9-20-23)19-8-6-16-21-15-4-2-1-3-14(15)18(25)22-16/h1-5,9,12H,6-8,10-11H2,(H,19,24)(H,21,22,25). The molecule has 2 aromatic heterocycles. The molecule has 0 radical (unpaired) electrons. The van der Waals surface area contributed by atoms with Crippen LogP contribution in [0.1, 0.15) is 17.9 Å². The number of aryl methyl sites for hydroxylation is 1. The predicted molar refractivity (Wildman–Crippen MR) is 93.1 cm³/mol. The van der Waals surface area contributed by atoms with Gasteiger partial charge in [-0.15, -0.1) is 0 Å². The van der Waals surface area contributed by atoms with Crippen molar-refractivity contribution >= 4 is 16.8 Å². The molecule has 2 N–H and O–H groups in total. The van der Waals surface area contributed by atoms with Gasteiger partial charge in [-0.3, -0.25) is 14.3 Å². The summed E-state index contributed by atoms with van der Waals surface area (Å²) >= 11 is 0. The molecular formula is C18H19N5O2. The maximum atomic E-state index is 12.4. The molecule has 0 bridgehead atoms. The van der Waals surface area contributed by atoms with Crippen LogP contribution in [0.3, 0.4) is 0 Å². The van der Waals surface area contributed by atoms with Gasteiger partial charge in [-0.2, -0.15) is 5.10 Å². The molecule has 1 aliphatic rings. The fourth-order valence-corrected chi connectivity index (χ4v) is 3.29. The van der Waals surface area contributed by atoms with Gasteiger partial charge in [0.1, 0.15) is 5.82 Å². The number of aromatic amines is 1. The Morgan fingerprint density at radius 2 is 2.20 bits per heavy atom. The summed E-state index contributed by atoms with van der Waals surface area (Å²) in [4.78, 5) is 31.6. The largest absolute Gasteiger partial charge is 0.355 e. The van der Waals surface area contributed by atoms with Crippen molar-refractivity contribution in [1.29, 1.82) is 0 Å². The first-order valence-electron chi connectivity index (χ1n) is 8.47. The van der Waals surface area contributed by atoms with Gasteiger partial charge in [0, 0.05) is 43.7 Å². The molecule has 25 heavy (non-hydrogen) atoms. The second kappa shape index (κ2) is 6.51. The van der Waals surface area contributed by atoms with Gasteiger partial charge in [0.05, 0.1) is 10.9 Å². The number of H-pyrrole nitrogens is 1. The van der Waals surface area contributed by atoms with Gasteiger partial charge in [0.15, 0.2) is 0 Å². The molecule has 0 saturated carbocycles. The maximum absolute atomic E-state index is 12.4. The molecule has 3 aromatic rings. The van der Waals surface area contributed by atoms with Gasteiger partial charge in [0.2, 0.25) is 5.91 Å².